The number of benzene rings is 2. The third-order valence-electron chi connectivity index (χ3n) is 3.32. The van der Waals surface area contributed by atoms with E-state index in [-0.39, 0.29) is 29.4 Å². The smallest absolute Gasteiger partial charge is 0.493 e. The monoisotopic (exact) mass is 399 g/mol. The van der Waals surface area contributed by atoms with Crippen molar-refractivity contribution >= 4 is 17.6 Å². The maximum Gasteiger partial charge on any atom is 0.573 e. The topological polar surface area (TPSA) is 83.1 Å². The molecule has 2 aromatic carbocycles. The van der Waals surface area contributed by atoms with Gasteiger partial charge in [0.25, 0.3) is 5.91 Å². The van der Waals surface area contributed by atoms with Crippen molar-refractivity contribution < 1.29 is 41.7 Å². The molecule has 7 nitrogen and oxygen atoms in total. The van der Waals surface area contributed by atoms with E-state index in [9.17, 15) is 22.8 Å². The Morgan fingerprint density at radius 1 is 1.04 bits per heavy atom. The summed E-state index contributed by atoms with van der Waals surface area (Å²) in [6.07, 6.45) is -4.84. The van der Waals surface area contributed by atoms with Crippen LogP contribution in [0, 0.1) is 0 Å². The van der Waals surface area contributed by atoms with Gasteiger partial charge in [-0.25, -0.2) is 4.79 Å². The maximum atomic E-state index is 12.4. The molecule has 1 N–H and O–H groups in total. The van der Waals surface area contributed by atoms with E-state index in [2.05, 4.69) is 14.8 Å². The Labute approximate surface area is 158 Å². The molecule has 0 unspecified atom stereocenters. The van der Waals surface area contributed by atoms with E-state index in [0.29, 0.717) is 0 Å². The van der Waals surface area contributed by atoms with Crippen LogP contribution in [0.1, 0.15) is 10.4 Å². The van der Waals surface area contributed by atoms with Crippen LogP contribution in [-0.2, 0) is 9.53 Å². The second-order valence-corrected chi connectivity index (χ2v) is 5.26. The zero-order valence-corrected chi connectivity index (χ0v) is 14.8. The Morgan fingerprint density at radius 3 is 2.43 bits per heavy atom. The summed E-state index contributed by atoms with van der Waals surface area (Å²) in [5.74, 6) is -1.25. The fraction of sp³-hybridized carbons (Fsp3) is 0.222. The third kappa shape index (κ3) is 6.08. The fourth-order valence-electron chi connectivity index (χ4n) is 2.10. The van der Waals surface area contributed by atoms with Crippen molar-refractivity contribution in [3.8, 4) is 17.2 Å². The molecule has 0 aliphatic heterocycles. The maximum absolute atomic E-state index is 12.4. The quantitative estimate of drug-likeness (QED) is 0.719. The highest BCUT2D eigenvalue weighted by atomic mass is 19.4. The second kappa shape index (κ2) is 8.98. The number of halogens is 3. The number of anilines is 1. The van der Waals surface area contributed by atoms with Gasteiger partial charge in [-0.15, -0.1) is 13.2 Å². The van der Waals surface area contributed by atoms with Crippen LogP contribution in [0.2, 0.25) is 0 Å². The van der Waals surface area contributed by atoms with Crippen molar-refractivity contribution in [3.05, 3.63) is 48.0 Å². The molecule has 0 aliphatic carbocycles. The van der Waals surface area contributed by atoms with Crippen LogP contribution in [0.4, 0.5) is 18.9 Å². The lowest BCUT2D eigenvalue weighted by Gasteiger charge is -2.13. The Hall–Kier alpha value is -3.43. The number of carbonyl (C=O) groups is 2. The summed E-state index contributed by atoms with van der Waals surface area (Å²) in [6.45, 7) is -0.343. The van der Waals surface area contributed by atoms with Gasteiger partial charge in [0.05, 0.1) is 14.2 Å². The average molecular weight is 399 g/mol. The third-order valence-corrected chi connectivity index (χ3v) is 3.32. The van der Waals surface area contributed by atoms with Crippen LogP contribution < -0.4 is 19.5 Å². The molecule has 0 fully saturated rings. The molecule has 0 bridgehead atoms. The molecule has 150 valence electrons. The zero-order chi connectivity index (χ0) is 20.7. The fourth-order valence-corrected chi connectivity index (χ4v) is 2.10. The molecule has 0 atom stereocenters. The van der Waals surface area contributed by atoms with E-state index in [1.54, 1.807) is 0 Å². The number of ether oxygens (including phenoxy) is 4. The van der Waals surface area contributed by atoms with Gasteiger partial charge in [0.1, 0.15) is 5.75 Å². The van der Waals surface area contributed by atoms with Crippen molar-refractivity contribution in [2.45, 2.75) is 6.36 Å². The molecular formula is C18H16F3NO6. The van der Waals surface area contributed by atoms with Crippen LogP contribution in [0.15, 0.2) is 42.5 Å². The van der Waals surface area contributed by atoms with Crippen LogP contribution >= 0.6 is 0 Å². The van der Waals surface area contributed by atoms with Crippen molar-refractivity contribution in [1.29, 1.82) is 0 Å². The Bertz CT molecular complexity index is 853. The molecule has 0 aromatic heterocycles. The van der Waals surface area contributed by atoms with Crippen molar-refractivity contribution in [3.63, 3.8) is 0 Å². The highest BCUT2D eigenvalue weighted by Gasteiger charge is 2.31. The molecule has 2 aromatic rings. The van der Waals surface area contributed by atoms with E-state index in [1.807, 2.05) is 0 Å². The van der Waals surface area contributed by atoms with Crippen molar-refractivity contribution in [2.24, 2.45) is 0 Å². The van der Waals surface area contributed by atoms with Gasteiger partial charge in [-0.1, -0.05) is 6.07 Å². The molecule has 0 aliphatic rings. The van der Waals surface area contributed by atoms with Gasteiger partial charge in [0, 0.05) is 17.3 Å². The molecule has 10 heteroatoms. The lowest BCUT2D eigenvalue weighted by molar-refractivity contribution is -0.274. The Balaban J connectivity index is 2.12. The van der Waals surface area contributed by atoms with Crippen molar-refractivity contribution in [2.75, 3.05) is 26.1 Å². The summed E-state index contributed by atoms with van der Waals surface area (Å²) in [5, 5.41) is 2.46. The first-order chi connectivity index (χ1) is 13.2. The van der Waals surface area contributed by atoms with Gasteiger partial charge in [-0.3, -0.25) is 4.79 Å². The molecule has 1 amide bonds. The van der Waals surface area contributed by atoms with Gasteiger partial charge in [-0.2, -0.15) is 0 Å². The summed E-state index contributed by atoms with van der Waals surface area (Å²) < 4.78 is 55.5. The summed E-state index contributed by atoms with van der Waals surface area (Å²) in [5.41, 5.74) is 0.265. The van der Waals surface area contributed by atoms with E-state index in [4.69, 9.17) is 9.47 Å². The first-order valence-electron chi connectivity index (χ1n) is 7.76. The average Bonchev–Trinajstić information content (AvgIpc) is 2.64. The van der Waals surface area contributed by atoms with Gasteiger partial charge < -0.3 is 24.3 Å². The summed E-state index contributed by atoms with van der Waals surface area (Å²) in [6, 6.07) is 9.04. The minimum atomic E-state index is -4.84. The van der Waals surface area contributed by atoms with Crippen LogP contribution in [0.3, 0.4) is 0 Å². The van der Waals surface area contributed by atoms with Gasteiger partial charge >= 0.3 is 12.3 Å². The van der Waals surface area contributed by atoms with Crippen LogP contribution in [0.25, 0.3) is 0 Å². The molecule has 0 spiro atoms. The number of esters is 1. The first-order valence-corrected chi connectivity index (χ1v) is 7.76. The number of amides is 1. The van der Waals surface area contributed by atoms with Crippen LogP contribution in [0.5, 0.6) is 17.2 Å². The lowest BCUT2D eigenvalue weighted by atomic mass is 10.1. The lowest BCUT2D eigenvalue weighted by Crippen LogP contribution is -2.17. The SMILES string of the molecule is COC(=O)COc1ccc(C(=O)Nc2cccc(OC(F)(F)F)c2)cc1OC. The standard InChI is InChI=1S/C18H16F3NO6/c1-25-15-8-11(6-7-14(15)27-10-16(23)26-2)17(24)22-12-4-3-5-13(9-12)28-18(19,20)21/h3-9H,10H2,1-2H3,(H,22,24). The summed E-state index contributed by atoms with van der Waals surface area (Å²) in [4.78, 5) is 23.5. The minimum absolute atomic E-state index is 0.108. The molecule has 28 heavy (non-hydrogen) atoms. The van der Waals surface area contributed by atoms with Gasteiger partial charge in [0.15, 0.2) is 18.1 Å². The number of carbonyl (C=O) groups excluding carboxylic acids is 2. The predicted molar refractivity (Wildman–Crippen MR) is 91.6 cm³/mol. The number of hydrogen-bond donors (Lipinski definition) is 1. The number of rotatable bonds is 7. The molecule has 0 heterocycles. The van der Waals surface area contributed by atoms with E-state index in [0.717, 1.165) is 12.1 Å². The predicted octanol–water partition coefficient (Wildman–Crippen LogP) is 3.40. The molecule has 0 saturated heterocycles. The molecule has 2 rings (SSSR count). The van der Waals surface area contributed by atoms with E-state index >= 15 is 0 Å². The normalized spacial score (nSPS) is 10.8. The Kier molecular flexibility index (Phi) is 6.69. The highest BCUT2D eigenvalue weighted by molar-refractivity contribution is 6.04. The van der Waals surface area contributed by atoms with Crippen molar-refractivity contribution in [1.82, 2.24) is 0 Å². The van der Waals surface area contributed by atoms with E-state index < -0.39 is 24.0 Å². The first kappa shape index (κ1) is 20.9. The number of hydrogen-bond acceptors (Lipinski definition) is 6. The second-order valence-electron chi connectivity index (χ2n) is 5.26. The summed E-state index contributed by atoms with van der Waals surface area (Å²) >= 11 is 0. The zero-order valence-electron chi connectivity index (χ0n) is 14.8. The highest BCUT2D eigenvalue weighted by Crippen LogP contribution is 2.29. The number of alkyl halides is 3. The number of methoxy groups -OCH3 is 2. The Morgan fingerprint density at radius 2 is 1.79 bits per heavy atom. The van der Waals surface area contributed by atoms with E-state index in [1.165, 1.54) is 44.6 Å². The molecule has 0 saturated carbocycles. The molecule has 0 radical (unpaired) electrons. The minimum Gasteiger partial charge on any atom is -0.493 e. The molecular weight excluding hydrogens is 383 g/mol. The summed E-state index contributed by atoms with van der Waals surface area (Å²) in [7, 11) is 2.56. The number of nitrogens with one attached hydrogen (secondary N) is 1. The largest absolute Gasteiger partial charge is 0.573 e. The van der Waals surface area contributed by atoms with Gasteiger partial charge in [0.2, 0.25) is 0 Å². The van der Waals surface area contributed by atoms with Gasteiger partial charge in [-0.05, 0) is 30.3 Å². The van der Waals surface area contributed by atoms with Crippen LogP contribution in [-0.4, -0.2) is 39.1 Å².